The van der Waals surface area contributed by atoms with Crippen molar-refractivity contribution in [3.8, 4) is 0 Å². The molecule has 0 unspecified atom stereocenters. The van der Waals surface area contributed by atoms with Gasteiger partial charge in [-0.05, 0) is 29.9 Å². The molecular weight excluding hydrogens is 234 g/mol. The molecule has 0 spiro atoms. The van der Waals surface area contributed by atoms with E-state index in [0.717, 1.165) is 25.7 Å². The Bertz CT molecular complexity index is 265. The first-order chi connectivity index (χ1) is 8.40. The second kappa shape index (κ2) is 7.11. The number of hydrogen-bond donors (Lipinski definition) is 0. The van der Waals surface area contributed by atoms with E-state index in [9.17, 15) is 0 Å². The van der Waals surface area contributed by atoms with Crippen LogP contribution in [0.5, 0.6) is 0 Å². The zero-order valence-electron chi connectivity index (χ0n) is 10.3. The summed E-state index contributed by atoms with van der Waals surface area (Å²) in [5, 5.41) is 3.60. The zero-order chi connectivity index (χ0) is 11.9. The quantitative estimate of drug-likeness (QED) is 0.437. The number of piperazine rings is 1. The number of thioether (sulfide) groups is 1. The van der Waals surface area contributed by atoms with Crippen molar-refractivity contribution in [2.75, 3.05) is 50.8 Å². The van der Waals surface area contributed by atoms with Gasteiger partial charge in [0, 0.05) is 50.2 Å². The van der Waals surface area contributed by atoms with Gasteiger partial charge in [-0.15, -0.1) is 0 Å². The van der Waals surface area contributed by atoms with Gasteiger partial charge in [0.1, 0.15) is 0 Å². The van der Waals surface area contributed by atoms with Crippen LogP contribution in [-0.4, -0.2) is 66.6 Å². The van der Waals surface area contributed by atoms with E-state index in [1.807, 2.05) is 0 Å². The lowest BCUT2D eigenvalue weighted by Crippen LogP contribution is -2.51. The van der Waals surface area contributed by atoms with Crippen LogP contribution in [0.2, 0.25) is 0 Å². The molecule has 2 rings (SSSR count). The molecule has 0 aliphatic carbocycles. The minimum Gasteiger partial charge on any atom is -0.301 e. The van der Waals surface area contributed by atoms with Crippen molar-refractivity contribution in [2.45, 2.75) is 18.9 Å². The highest BCUT2D eigenvalue weighted by atomic mass is 32.2. The molecule has 2 heterocycles. The predicted molar refractivity (Wildman–Crippen MR) is 72.4 cm³/mol. The lowest BCUT2D eigenvalue weighted by atomic mass is 10.1. The fourth-order valence-corrected chi connectivity index (χ4v) is 3.71. The van der Waals surface area contributed by atoms with Crippen molar-refractivity contribution in [1.29, 1.82) is 0 Å². The van der Waals surface area contributed by atoms with Crippen LogP contribution in [-0.2, 0) is 0 Å². The summed E-state index contributed by atoms with van der Waals surface area (Å²) in [5.74, 6) is 2.67. The molecule has 0 amide bonds. The maximum absolute atomic E-state index is 8.24. The van der Waals surface area contributed by atoms with E-state index in [0.29, 0.717) is 6.54 Å². The van der Waals surface area contributed by atoms with Gasteiger partial charge in [-0.25, -0.2) is 0 Å². The third-order valence-corrected chi connectivity index (χ3v) is 4.74. The summed E-state index contributed by atoms with van der Waals surface area (Å²) in [7, 11) is 0. The van der Waals surface area contributed by atoms with Gasteiger partial charge in [-0.3, -0.25) is 4.90 Å². The molecule has 0 radical (unpaired) electrons. The molecule has 2 aliphatic rings. The van der Waals surface area contributed by atoms with Crippen molar-refractivity contribution in [3.05, 3.63) is 10.4 Å². The fourth-order valence-electron chi connectivity index (χ4n) is 2.63. The van der Waals surface area contributed by atoms with Crippen LogP contribution < -0.4 is 0 Å². The highest BCUT2D eigenvalue weighted by Crippen LogP contribution is 2.22. The summed E-state index contributed by atoms with van der Waals surface area (Å²) >= 11 is 2.09. The summed E-state index contributed by atoms with van der Waals surface area (Å²) in [6.07, 6.45) is 2.73. The first kappa shape index (κ1) is 13.0. The van der Waals surface area contributed by atoms with Crippen LogP contribution in [0.3, 0.4) is 0 Å². The van der Waals surface area contributed by atoms with Crippen LogP contribution in [0.15, 0.2) is 5.11 Å². The summed E-state index contributed by atoms with van der Waals surface area (Å²) < 4.78 is 0. The average molecular weight is 255 g/mol. The Morgan fingerprint density at radius 1 is 1.18 bits per heavy atom. The number of azide groups is 1. The van der Waals surface area contributed by atoms with E-state index >= 15 is 0 Å². The molecule has 2 fully saturated rings. The first-order valence-electron chi connectivity index (χ1n) is 6.45. The summed E-state index contributed by atoms with van der Waals surface area (Å²) in [5.41, 5.74) is 8.24. The summed E-state index contributed by atoms with van der Waals surface area (Å²) in [6.45, 7) is 6.15. The van der Waals surface area contributed by atoms with E-state index < -0.39 is 0 Å². The molecule has 17 heavy (non-hydrogen) atoms. The molecule has 5 nitrogen and oxygen atoms in total. The Kier molecular flexibility index (Phi) is 5.45. The fraction of sp³-hybridized carbons (Fsp3) is 1.00. The monoisotopic (exact) mass is 255 g/mol. The zero-order valence-corrected chi connectivity index (χ0v) is 11.1. The third-order valence-electron chi connectivity index (χ3n) is 3.69. The van der Waals surface area contributed by atoms with Crippen LogP contribution in [0.25, 0.3) is 10.4 Å². The van der Waals surface area contributed by atoms with Gasteiger partial charge in [0.15, 0.2) is 0 Å². The second-order valence-electron chi connectivity index (χ2n) is 4.68. The van der Waals surface area contributed by atoms with Gasteiger partial charge in [0.2, 0.25) is 0 Å². The normalized spacial score (nSPS) is 24.5. The van der Waals surface area contributed by atoms with Gasteiger partial charge in [0.05, 0.1) is 0 Å². The molecule has 0 saturated carbocycles. The minimum absolute atomic E-state index is 0.608. The second-order valence-corrected chi connectivity index (χ2v) is 5.90. The molecule has 96 valence electrons. The lowest BCUT2D eigenvalue weighted by molar-refractivity contribution is 0.0938. The smallest absolute Gasteiger partial charge is 0.0385 e. The van der Waals surface area contributed by atoms with E-state index in [-0.39, 0.29) is 0 Å². The molecule has 0 N–H and O–H groups in total. The van der Waals surface area contributed by atoms with Crippen LogP contribution in [0.1, 0.15) is 12.8 Å². The van der Waals surface area contributed by atoms with Crippen molar-refractivity contribution in [1.82, 2.24) is 9.80 Å². The maximum Gasteiger partial charge on any atom is 0.0385 e. The van der Waals surface area contributed by atoms with Gasteiger partial charge in [-0.2, -0.15) is 11.8 Å². The number of hydrogen-bond acceptors (Lipinski definition) is 4. The molecule has 0 aromatic heterocycles. The Labute approximate surface area is 107 Å². The van der Waals surface area contributed by atoms with Crippen molar-refractivity contribution in [2.24, 2.45) is 5.11 Å². The minimum atomic E-state index is 0.608. The van der Waals surface area contributed by atoms with Crippen LogP contribution >= 0.6 is 11.8 Å². The maximum atomic E-state index is 8.24. The van der Waals surface area contributed by atoms with Crippen molar-refractivity contribution in [3.63, 3.8) is 0 Å². The standard InChI is InChI=1S/C11H21N5S/c12-14-13-3-4-15-5-7-16(8-6-15)11-1-9-17-10-2-11/h11H,1-10H2. The number of rotatable bonds is 4. The summed E-state index contributed by atoms with van der Waals surface area (Å²) in [4.78, 5) is 7.86. The Hall–Kier alpha value is -0.420. The molecule has 6 heteroatoms. The van der Waals surface area contributed by atoms with Crippen LogP contribution in [0.4, 0.5) is 0 Å². The number of nitrogens with zero attached hydrogens (tertiary/aromatic N) is 5. The lowest BCUT2D eigenvalue weighted by Gasteiger charge is -2.40. The molecular formula is C11H21N5S. The predicted octanol–water partition coefficient (Wildman–Crippen LogP) is 1.81. The molecule has 2 saturated heterocycles. The van der Waals surface area contributed by atoms with Gasteiger partial charge < -0.3 is 4.90 Å². The molecule has 0 aromatic rings. The van der Waals surface area contributed by atoms with Crippen LogP contribution in [0, 0.1) is 0 Å². The van der Waals surface area contributed by atoms with Crippen molar-refractivity contribution >= 4 is 11.8 Å². The van der Waals surface area contributed by atoms with Crippen molar-refractivity contribution < 1.29 is 0 Å². The molecule has 2 aliphatic heterocycles. The SMILES string of the molecule is [N-]=[N+]=NCCN1CCN(C2CCSCC2)CC1. The largest absolute Gasteiger partial charge is 0.301 e. The highest BCUT2D eigenvalue weighted by Gasteiger charge is 2.24. The van der Waals surface area contributed by atoms with E-state index in [1.165, 1.54) is 37.4 Å². The van der Waals surface area contributed by atoms with Gasteiger partial charge >= 0.3 is 0 Å². The third kappa shape index (κ3) is 4.07. The summed E-state index contributed by atoms with van der Waals surface area (Å²) in [6, 6.07) is 0.829. The van der Waals surface area contributed by atoms with E-state index in [4.69, 9.17) is 5.53 Å². The topological polar surface area (TPSA) is 55.2 Å². The first-order valence-corrected chi connectivity index (χ1v) is 7.60. The molecule has 0 aromatic carbocycles. The average Bonchev–Trinajstić information content (AvgIpc) is 2.41. The van der Waals surface area contributed by atoms with E-state index in [1.54, 1.807) is 0 Å². The molecule has 0 atom stereocenters. The highest BCUT2D eigenvalue weighted by molar-refractivity contribution is 7.99. The van der Waals surface area contributed by atoms with Gasteiger partial charge in [-0.1, -0.05) is 5.11 Å². The molecule has 0 bridgehead atoms. The van der Waals surface area contributed by atoms with E-state index in [2.05, 4.69) is 31.6 Å². The Morgan fingerprint density at radius 2 is 1.88 bits per heavy atom. The van der Waals surface area contributed by atoms with Gasteiger partial charge in [0.25, 0.3) is 0 Å². The Balaban J connectivity index is 1.68. The Morgan fingerprint density at radius 3 is 2.53 bits per heavy atom.